The van der Waals surface area contributed by atoms with E-state index in [2.05, 4.69) is 11.6 Å². The molecule has 1 aromatic heterocycles. The van der Waals surface area contributed by atoms with E-state index in [1.807, 2.05) is 0 Å². The minimum Gasteiger partial charge on any atom is -0.504 e. The Labute approximate surface area is 204 Å². The summed E-state index contributed by atoms with van der Waals surface area (Å²) in [4.78, 5) is 34.7. The van der Waals surface area contributed by atoms with Crippen LogP contribution in [-0.4, -0.2) is 87.3 Å². The van der Waals surface area contributed by atoms with Gasteiger partial charge >= 0.3 is 0 Å². The van der Waals surface area contributed by atoms with Crippen molar-refractivity contribution < 1.29 is 37.7 Å². The van der Waals surface area contributed by atoms with Crippen molar-refractivity contribution in [1.29, 1.82) is 0 Å². The summed E-state index contributed by atoms with van der Waals surface area (Å²) in [6.45, 7) is 7.45. The third-order valence-electron chi connectivity index (χ3n) is 7.15. The molecule has 36 heavy (non-hydrogen) atoms. The molecule has 0 unspecified atom stereocenters. The number of aliphatic hydroxyl groups excluding tert-OH is 2. The van der Waals surface area contributed by atoms with Crippen molar-refractivity contribution in [1.82, 2.24) is 14.8 Å². The largest absolute Gasteiger partial charge is 0.504 e. The first-order valence-electron chi connectivity index (χ1n) is 11.5. The van der Waals surface area contributed by atoms with E-state index in [4.69, 9.17) is 4.74 Å². The van der Waals surface area contributed by atoms with E-state index >= 15 is 4.39 Å². The smallest absolute Gasteiger partial charge is 0.262 e. The van der Waals surface area contributed by atoms with Gasteiger partial charge in [0, 0.05) is 31.7 Å². The van der Waals surface area contributed by atoms with Crippen LogP contribution in [-0.2, 0) is 4.79 Å². The second-order valence-corrected chi connectivity index (χ2v) is 9.89. The molecule has 9 nitrogen and oxygen atoms in total. The van der Waals surface area contributed by atoms with Gasteiger partial charge in [-0.05, 0) is 26.3 Å². The summed E-state index contributed by atoms with van der Waals surface area (Å²) in [7, 11) is 0. The molecule has 0 saturated carbocycles. The fraction of sp³-hybridized carbons (Fsp3) is 0.458. The number of β-amino-alcohol motifs (C(OH)–C–C–N with tert-alkyl or cyclic N) is 1. The van der Waals surface area contributed by atoms with E-state index in [1.165, 1.54) is 15.9 Å². The van der Waals surface area contributed by atoms with E-state index in [0.717, 1.165) is 0 Å². The van der Waals surface area contributed by atoms with Gasteiger partial charge < -0.3 is 29.6 Å². The Morgan fingerprint density at radius 2 is 1.94 bits per heavy atom. The molecule has 4 heterocycles. The zero-order valence-electron chi connectivity index (χ0n) is 19.7. The van der Waals surface area contributed by atoms with Crippen LogP contribution in [0.1, 0.15) is 36.3 Å². The summed E-state index contributed by atoms with van der Waals surface area (Å²) in [5.74, 6) is -6.76. The predicted molar refractivity (Wildman–Crippen MR) is 122 cm³/mol. The van der Waals surface area contributed by atoms with Gasteiger partial charge in [0.25, 0.3) is 5.91 Å². The number of pyridine rings is 1. The van der Waals surface area contributed by atoms with Gasteiger partial charge in [0.1, 0.15) is 23.7 Å². The standard InChI is InChI=1S/C24H25F3N4O5/c1-4-13(33)29-5-6-30-11(8-29)10-36-21-15(23(30)35)22(31-9-12(32)7-24(31,2)3)28-19(18(21)27)14-16(25)17(26)20(14)34/h4,11-12,32,34H,1,5-10H2,2-3H3/t11-,12+/m1/s1. The van der Waals surface area contributed by atoms with Crippen molar-refractivity contribution in [3.63, 3.8) is 0 Å². The lowest BCUT2D eigenvalue weighted by atomic mass is 9.96. The number of aromatic nitrogens is 1. The number of hydrogen-bond donors (Lipinski definition) is 2. The van der Waals surface area contributed by atoms with Crippen LogP contribution in [0.2, 0.25) is 0 Å². The van der Waals surface area contributed by atoms with Crippen LogP contribution in [0.5, 0.6) is 5.75 Å². The van der Waals surface area contributed by atoms with Crippen LogP contribution in [0.25, 0.3) is 5.57 Å². The molecule has 1 aromatic rings. The Hall–Kier alpha value is -3.54. The van der Waals surface area contributed by atoms with Gasteiger partial charge in [0.15, 0.2) is 23.2 Å². The first kappa shape index (κ1) is 24.2. The van der Waals surface area contributed by atoms with Gasteiger partial charge in [-0.15, -0.1) is 0 Å². The zero-order valence-corrected chi connectivity index (χ0v) is 19.7. The molecule has 2 N–H and O–H groups in total. The number of halogens is 3. The average Bonchev–Trinajstić information content (AvgIpc) is 3.04. The Kier molecular flexibility index (Phi) is 5.54. The summed E-state index contributed by atoms with van der Waals surface area (Å²) in [6.07, 6.45) is 0.699. The molecule has 0 radical (unpaired) electrons. The summed E-state index contributed by atoms with van der Waals surface area (Å²) < 4.78 is 49.4. The summed E-state index contributed by atoms with van der Waals surface area (Å²) in [5, 5.41) is 20.2. The van der Waals surface area contributed by atoms with Gasteiger partial charge in [0.2, 0.25) is 11.7 Å². The van der Waals surface area contributed by atoms with Crippen LogP contribution >= 0.6 is 0 Å². The molecule has 2 fully saturated rings. The Bertz CT molecular complexity index is 1260. The predicted octanol–water partition coefficient (Wildman–Crippen LogP) is 2.24. The van der Waals surface area contributed by atoms with Gasteiger partial charge in [0.05, 0.1) is 17.7 Å². The van der Waals surface area contributed by atoms with Crippen molar-refractivity contribution >= 4 is 23.2 Å². The molecule has 1 aliphatic carbocycles. The van der Waals surface area contributed by atoms with Crippen molar-refractivity contribution in [2.24, 2.45) is 0 Å². The first-order valence-corrected chi connectivity index (χ1v) is 11.5. The second-order valence-electron chi connectivity index (χ2n) is 9.89. The third kappa shape index (κ3) is 3.46. The highest BCUT2D eigenvalue weighted by Crippen LogP contribution is 2.47. The lowest BCUT2D eigenvalue weighted by Crippen LogP contribution is -2.57. The van der Waals surface area contributed by atoms with Gasteiger partial charge in [-0.25, -0.2) is 13.8 Å². The molecule has 2 amide bonds. The quantitative estimate of drug-likeness (QED) is 0.606. The number of amides is 2. The molecule has 3 aliphatic heterocycles. The van der Waals surface area contributed by atoms with Crippen LogP contribution in [0.3, 0.4) is 0 Å². The highest BCUT2D eigenvalue weighted by Gasteiger charge is 2.46. The number of piperazine rings is 1. The Morgan fingerprint density at radius 3 is 2.56 bits per heavy atom. The third-order valence-corrected chi connectivity index (χ3v) is 7.15. The lowest BCUT2D eigenvalue weighted by Gasteiger charge is -2.40. The van der Waals surface area contributed by atoms with Crippen molar-refractivity contribution in [2.45, 2.75) is 38.0 Å². The highest BCUT2D eigenvalue weighted by molar-refractivity contribution is 6.03. The number of nitrogens with zero attached hydrogens (tertiary/aromatic N) is 4. The zero-order chi connectivity index (χ0) is 26.1. The number of carbonyl (C=O) groups is 2. The Morgan fingerprint density at radius 1 is 1.22 bits per heavy atom. The van der Waals surface area contributed by atoms with Crippen molar-refractivity contribution in [3.8, 4) is 5.75 Å². The minimum absolute atomic E-state index is 0.0492. The Balaban J connectivity index is 1.66. The molecule has 12 heteroatoms. The van der Waals surface area contributed by atoms with Crippen molar-refractivity contribution in [3.05, 3.63) is 47.1 Å². The molecular formula is C24H25F3N4O5. The molecule has 5 rings (SSSR count). The average molecular weight is 506 g/mol. The fourth-order valence-electron chi connectivity index (χ4n) is 5.30. The number of allylic oxidation sites excluding steroid dienone is 3. The SMILES string of the molecule is C=CC(=O)N1CCN2C(=O)c3c(N4C[C@@H](O)CC4(C)C)nc(C4=C(F)C(F)=C4O)c(F)c3OC[C@H]2C1. The molecule has 2 atom stereocenters. The number of aliphatic hydroxyl groups is 2. The molecule has 0 aromatic carbocycles. The van der Waals surface area contributed by atoms with Gasteiger partial charge in [-0.3, -0.25) is 9.59 Å². The summed E-state index contributed by atoms with van der Waals surface area (Å²) in [6, 6.07) is -0.610. The van der Waals surface area contributed by atoms with Crippen molar-refractivity contribution in [2.75, 3.05) is 37.7 Å². The van der Waals surface area contributed by atoms with Crippen LogP contribution in [0.15, 0.2) is 30.1 Å². The molecular weight excluding hydrogens is 481 g/mol. The van der Waals surface area contributed by atoms with E-state index in [1.54, 1.807) is 18.7 Å². The number of rotatable bonds is 3. The fourth-order valence-corrected chi connectivity index (χ4v) is 5.30. The van der Waals surface area contributed by atoms with Gasteiger partial charge in [-0.2, -0.15) is 4.39 Å². The van der Waals surface area contributed by atoms with E-state index in [0.29, 0.717) is 6.42 Å². The maximum Gasteiger partial charge on any atom is 0.262 e. The molecule has 4 aliphatic rings. The van der Waals surface area contributed by atoms with Crippen LogP contribution in [0, 0.1) is 5.82 Å². The number of fused-ring (bicyclic) bond motifs is 2. The maximum atomic E-state index is 15.8. The lowest BCUT2D eigenvalue weighted by molar-refractivity contribution is -0.128. The maximum absolute atomic E-state index is 15.8. The molecule has 0 bridgehead atoms. The van der Waals surface area contributed by atoms with Crippen LogP contribution < -0.4 is 9.64 Å². The second kappa shape index (κ2) is 8.26. The molecule has 0 spiro atoms. The first-order chi connectivity index (χ1) is 17.0. The number of hydrogen-bond acceptors (Lipinski definition) is 7. The van der Waals surface area contributed by atoms with Gasteiger partial charge in [-0.1, -0.05) is 6.58 Å². The monoisotopic (exact) mass is 506 g/mol. The normalized spacial score (nSPS) is 25.3. The number of anilines is 1. The minimum atomic E-state index is -1.51. The summed E-state index contributed by atoms with van der Waals surface area (Å²) >= 11 is 0. The highest BCUT2D eigenvalue weighted by atomic mass is 19.2. The topological polar surface area (TPSA) is 106 Å². The molecule has 192 valence electrons. The number of carbonyl (C=O) groups excluding carboxylic acids is 2. The summed E-state index contributed by atoms with van der Waals surface area (Å²) in [5.41, 5.74) is -2.40. The van der Waals surface area contributed by atoms with E-state index < -0.39 is 63.8 Å². The van der Waals surface area contributed by atoms with E-state index in [9.17, 15) is 28.6 Å². The van der Waals surface area contributed by atoms with Crippen LogP contribution in [0.4, 0.5) is 19.0 Å². The molecule has 2 saturated heterocycles. The number of ether oxygens (including phenoxy) is 1. The van der Waals surface area contributed by atoms with E-state index in [-0.39, 0.29) is 50.1 Å².